The fourth-order valence-electron chi connectivity index (χ4n) is 0.511. The van der Waals surface area contributed by atoms with Crippen LogP contribution in [0.3, 0.4) is 0 Å². The van der Waals surface area contributed by atoms with Crippen LogP contribution in [0.25, 0.3) is 0 Å². The summed E-state index contributed by atoms with van der Waals surface area (Å²) < 4.78 is 4.49. The first kappa shape index (κ1) is 10.0. The Balaban J connectivity index is 3.67. The van der Waals surface area contributed by atoms with Crippen molar-refractivity contribution in [1.82, 2.24) is 0 Å². The average molecular weight is 157 g/mol. The molecule has 3 nitrogen and oxygen atoms in total. The van der Waals surface area contributed by atoms with E-state index in [4.69, 9.17) is 0 Å². The first-order valence-corrected chi connectivity index (χ1v) is 3.55. The van der Waals surface area contributed by atoms with Gasteiger partial charge in [-0.05, 0) is 0 Å². The second-order valence-electron chi connectivity index (χ2n) is 2.52. The van der Waals surface area contributed by atoms with Crippen molar-refractivity contribution in [3.63, 3.8) is 0 Å². The molecular weight excluding hydrogens is 144 g/mol. The van der Waals surface area contributed by atoms with Gasteiger partial charge in [-0.15, -0.1) is 0 Å². The van der Waals surface area contributed by atoms with Gasteiger partial charge in [-0.25, -0.2) is 0 Å². The number of carbonyl (C=O) groups is 2. The molecule has 0 spiro atoms. The van der Waals surface area contributed by atoms with Crippen LogP contribution in [0.15, 0.2) is 0 Å². The molecule has 0 aliphatic heterocycles. The Labute approximate surface area is 66.7 Å². The van der Waals surface area contributed by atoms with E-state index in [2.05, 4.69) is 11.7 Å². The van der Waals surface area contributed by atoms with Gasteiger partial charge in [0.05, 0.1) is 0 Å². The molecule has 0 aliphatic rings. The van der Waals surface area contributed by atoms with E-state index >= 15 is 0 Å². The summed E-state index contributed by atoms with van der Waals surface area (Å²) in [5.74, 6) is -0.686. The van der Waals surface area contributed by atoms with E-state index in [1.807, 2.05) is 0 Å². The molecule has 0 aromatic carbocycles. The normalized spacial score (nSPS) is 9.73. The molecule has 0 fully saturated rings. The Morgan fingerprint density at radius 2 is 2.00 bits per heavy atom. The summed E-state index contributed by atoms with van der Waals surface area (Å²) in [5, 5.41) is 0. The molecule has 0 amide bonds. The highest BCUT2D eigenvalue weighted by atomic mass is 16.5. The summed E-state index contributed by atoms with van der Waals surface area (Å²) in [6.07, 6.45) is -0.132. The number of Topliss-reactive ketones (excluding diaryl/α,β-unsaturated/α-hetero) is 1. The number of hydrogen-bond donors (Lipinski definition) is 0. The molecule has 0 aliphatic carbocycles. The van der Waals surface area contributed by atoms with E-state index in [9.17, 15) is 9.59 Å². The molecule has 0 N–H and O–H groups in total. The quantitative estimate of drug-likeness (QED) is 0.347. The molecule has 0 atom stereocenters. The monoisotopic (exact) mass is 157 g/mol. The van der Waals surface area contributed by atoms with Gasteiger partial charge < -0.3 is 4.74 Å². The van der Waals surface area contributed by atoms with Gasteiger partial charge in [0.15, 0.2) is 0 Å². The van der Waals surface area contributed by atoms with Crippen molar-refractivity contribution in [2.24, 2.45) is 5.92 Å². The molecule has 0 radical (unpaired) electrons. The predicted molar refractivity (Wildman–Crippen MR) is 40.8 cm³/mol. The Morgan fingerprint density at radius 1 is 1.45 bits per heavy atom. The van der Waals surface area contributed by atoms with Crippen LogP contribution >= 0.6 is 0 Å². The van der Waals surface area contributed by atoms with Gasteiger partial charge >= 0.3 is 5.97 Å². The maximum absolute atomic E-state index is 10.9. The molecule has 0 saturated heterocycles. The Bertz CT molecular complexity index is 149. The summed E-state index contributed by atoms with van der Waals surface area (Å²) >= 11 is 0. The van der Waals surface area contributed by atoms with Gasteiger partial charge in [-0.1, -0.05) is 13.8 Å². The predicted octanol–water partition coefficient (Wildman–Crippen LogP) is 0.979. The van der Waals surface area contributed by atoms with Crippen LogP contribution in [-0.2, 0) is 14.3 Å². The molecule has 0 unspecified atom stereocenters. The van der Waals surface area contributed by atoms with Crippen LogP contribution in [0.2, 0.25) is 0 Å². The van der Waals surface area contributed by atoms with Crippen LogP contribution in [0.4, 0.5) is 0 Å². The number of ether oxygens (including phenoxy) is 1. The van der Waals surface area contributed by atoms with E-state index in [1.165, 1.54) is 0 Å². The first-order chi connectivity index (χ1) is 5.07. The third-order valence-electron chi connectivity index (χ3n) is 1.23. The largest absolute Gasteiger partial charge is 0.423 e. The highest BCUT2D eigenvalue weighted by Crippen LogP contribution is 1.99. The molecule has 62 valence electrons. The van der Waals surface area contributed by atoms with Crippen LogP contribution < -0.4 is 0 Å². The Morgan fingerprint density at radius 3 is 2.36 bits per heavy atom. The van der Waals surface area contributed by atoms with Crippen molar-refractivity contribution in [2.45, 2.75) is 20.3 Å². The second kappa shape index (κ2) is 4.77. The van der Waals surface area contributed by atoms with E-state index in [-0.39, 0.29) is 24.7 Å². The lowest BCUT2D eigenvalue weighted by molar-refractivity contribution is -0.145. The van der Waals surface area contributed by atoms with Crippen molar-refractivity contribution in [3.8, 4) is 0 Å². The van der Waals surface area contributed by atoms with Crippen molar-refractivity contribution < 1.29 is 14.3 Å². The van der Waals surface area contributed by atoms with Gasteiger partial charge in [-0.2, -0.15) is 0 Å². The zero-order valence-corrected chi connectivity index (χ0v) is 6.92. The fraction of sp³-hybridized carbons (Fsp3) is 0.625. The van der Waals surface area contributed by atoms with E-state index in [1.54, 1.807) is 13.8 Å². The van der Waals surface area contributed by atoms with E-state index < -0.39 is 5.97 Å². The third-order valence-corrected chi connectivity index (χ3v) is 1.23. The van der Waals surface area contributed by atoms with Crippen molar-refractivity contribution >= 4 is 11.8 Å². The third kappa shape index (κ3) is 4.42. The average Bonchev–Trinajstić information content (AvgIpc) is 1.87. The summed E-state index contributed by atoms with van der Waals surface area (Å²) in [6, 6.07) is 0. The number of rotatable bonds is 4. The molecular formula is C8H13O3+. The van der Waals surface area contributed by atoms with Gasteiger partial charge in [-0.3, -0.25) is 9.59 Å². The molecule has 11 heavy (non-hydrogen) atoms. The Kier molecular flexibility index (Phi) is 4.34. The summed E-state index contributed by atoms with van der Waals surface area (Å²) in [5.41, 5.74) is 0. The van der Waals surface area contributed by atoms with Crippen LogP contribution in [0.5, 0.6) is 0 Å². The number of esters is 1. The lowest BCUT2D eigenvalue weighted by Crippen LogP contribution is -2.15. The minimum Gasteiger partial charge on any atom is -0.423 e. The maximum atomic E-state index is 10.9. The standard InChI is InChI=1S/C8H13O3/c1-4-11-8(10)5-7(9)6(2)3/h6H,1,4-5H2,2-3H3/q+1. The molecule has 0 heterocycles. The zero-order valence-electron chi connectivity index (χ0n) is 6.92. The first-order valence-electron chi connectivity index (χ1n) is 3.55. The SMILES string of the molecule is [CH2+]COC(=O)CC(=O)C(C)C. The highest BCUT2D eigenvalue weighted by Gasteiger charge is 2.13. The molecule has 0 aromatic rings. The molecule has 0 bridgehead atoms. The lowest BCUT2D eigenvalue weighted by Gasteiger charge is -2.01. The van der Waals surface area contributed by atoms with E-state index in [0.29, 0.717) is 0 Å². The smallest absolute Gasteiger partial charge is 0.316 e. The van der Waals surface area contributed by atoms with Gasteiger partial charge in [0.25, 0.3) is 0 Å². The van der Waals surface area contributed by atoms with Crippen LogP contribution in [0.1, 0.15) is 20.3 Å². The Hall–Kier alpha value is -0.990. The summed E-state index contributed by atoms with van der Waals surface area (Å²) in [4.78, 5) is 21.6. The van der Waals surface area contributed by atoms with Crippen molar-refractivity contribution in [3.05, 3.63) is 6.92 Å². The summed E-state index contributed by atoms with van der Waals surface area (Å²) in [7, 11) is 0. The van der Waals surface area contributed by atoms with Crippen LogP contribution in [0, 0.1) is 12.8 Å². The second-order valence-corrected chi connectivity index (χ2v) is 2.52. The minimum atomic E-state index is -0.487. The van der Waals surface area contributed by atoms with Crippen LogP contribution in [-0.4, -0.2) is 18.4 Å². The minimum absolute atomic E-state index is 0.0875. The molecule has 3 heteroatoms. The number of hydrogen-bond acceptors (Lipinski definition) is 3. The topological polar surface area (TPSA) is 43.4 Å². The maximum Gasteiger partial charge on any atom is 0.316 e. The van der Waals surface area contributed by atoms with E-state index in [0.717, 1.165) is 0 Å². The fourth-order valence-corrected chi connectivity index (χ4v) is 0.511. The molecule has 0 saturated carbocycles. The van der Waals surface area contributed by atoms with Crippen molar-refractivity contribution in [2.75, 3.05) is 6.61 Å². The molecule has 0 aromatic heterocycles. The van der Waals surface area contributed by atoms with Crippen molar-refractivity contribution in [1.29, 1.82) is 0 Å². The van der Waals surface area contributed by atoms with Gasteiger partial charge in [0.2, 0.25) is 6.61 Å². The van der Waals surface area contributed by atoms with Gasteiger partial charge in [0.1, 0.15) is 19.1 Å². The number of ketones is 1. The number of carbonyl (C=O) groups excluding carboxylic acids is 2. The molecule has 0 rings (SSSR count). The van der Waals surface area contributed by atoms with Gasteiger partial charge in [0, 0.05) is 5.92 Å². The zero-order chi connectivity index (χ0) is 8.85. The summed E-state index contributed by atoms with van der Waals surface area (Å²) in [6.45, 7) is 6.91. The lowest BCUT2D eigenvalue weighted by atomic mass is 10.1. The highest BCUT2D eigenvalue weighted by molar-refractivity contribution is 5.96.